The van der Waals surface area contributed by atoms with E-state index in [2.05, 4.69) is 6.92 Å². The smallest absolute Gasteiger partial charge is 0.748 e. The molecule has 0 aromatic rings. The molecule has 6 heteroatoms. The Bertz CT molecular complexity index is 427. The van der Waals surface area contributed by atoms with Crippen molar-refractivity contribution in [2.45, 2.75) is 147 Å². The molecule has 0 rings (SSSR count). The third-order valence-corrected chi connectivity index (χ3v) is 6.89. The molecule has 0 aliphatic rings. The van der Waals surface area contributed by atoms with E-state index in [0.29, 0.717) is 6.42 Å². The van der Waals surface area contributed by atoms with Gasteiger partial charge in [-0.1, -0.05) is 116 Å². The quantitative estimate of drug-likeness (QED) is 0.162. The zero-order valence-electron chi connectivity index (χ0n) is 19.7. The van der Waals surface area contributed by atoms with Crippen LogP contribution in [0.1, 0.15) is 136 Å². The fourth-order valence-corrected chi connectivity index (χ4v) is 4.83. The largest absolute Gasteiger partial charge is 1.00 e. The third-order valence-electron chi connectivity index (χ3n) is 5.64. The van der Waals surface area contributed by atoms with Gasteiger partial charge in [-0.2, -0.15) is 0 Å². The van der Waals surface area contributed by atoms with Gasteiger partial charge in [0.25, 0.3) is 0 Å². The number of aliphatic hydroxyl groups is 1. The van der Waals surface area contributed by atoms with E-state index in [-0.39, 0.29) is 57.8 Å². The number of unbranched alkanes of at least 4 members (excludes halogenated alkanes) is 16. The summed E-state index contributed by atoms with van der Waals surface area (Å²) >= 11 is 0. The Hall–Kier alpha value is 1.51. The van der Waals surface area contributed by atoms with Crippen LogP contribution in [0.4, 0.5) is 0 Å². The Morgan fingerprint density at radius 1 is 0.690 bits per heavy atom. The molecule has 2 unspecified atom stereocenters. The van der Waals surface area contributed by atoms with Crippen molar-refractivity contribution in [1.82, 2.24) is 0 Å². The van der Waals surface area contributed by atoms with Crippen LogP contribution in [0.15, 0.2) is 0 Å². The molecule has 0 amide bonds. The van der Waals surface area contributed by atoms with Crippen molar-refractivity contribution in [2.24, 2.45) is 0 Å². The van der Waals surface area contributed by atoms with E-state index in [9.17, 15) is 18.1 Å². The Morgan fingerprint density at radius 3 is 1.28 bits per heavy atom. The monoisotopic (exact) mass is 458 g/mol. The maximum Gasteiger partial charge on any atom is 1.00 e. The first kappa shape index (κ1) is 32.7. The van der Waals surface area contributed by atoms with Crippen molar-refractivity contribution >= 4 is 10.1 Å². The van der Waals surface area contributed by atoms with Crippen LogP contribution in [-0.4, -0.2) is 29.4 Å². The van der Waals surface area contributed by atoms with Gasteiger partial charge in [-0.05, 0) is 19.8 Å². The van der Waals surface area contributed by atoms with E-state index in [1.807, 2.05) is 0 Å². The van der Waals surface area contributed by atoms with Gasteiger partial charge in [0.1, 0.15) is 0 Å². The van der Waals surface area contributed by atoms with Crippen LogP contribution in [0.5, 0.6) is 0 Å². The molecule has 1 N–H and O–H groups in total. The summed E-state index contributed by atoms with van der Waals surface area (Å²) in [6.45, 7) is 3.80. The summed E-state index contributed by atoms with van der Waals surface area (Å²) in [5.41, 5.74) is 0. The minimum absolute atomic E-state index is 0. The molecule has 0 saturated carbocycles. The molecule has 0 saturated heterocycles. The summed E-state index contributed by atoms with van der Waals surface area (Å²) in [5, 5.41) is 8.40. The summed E-state index contributed by atoms with van der Waals surface area (Å²) < 4.78 is 33.6. The minimum atomic E-state index is -4.29. The molecule has 170 valence electrons. The second kappa shape index (κ2) is 22.7. The predicted octanol–water partition coefficient (Wildman–Crippen LogP) is 3.72. The maximum atomic E-state index is 11.2. The molecule has 0 aliphatic heterocycles. The van der Waals surface area contributed by atoms with Gasteiger partial charge in [-0.15, -0.1) is 0 Å². The molecule has 0 fully saturated rings. The fraction of sp³-hybridized carbons (Fsp3) is 1.00. The van der Waals surface area contributed by atoms with Gasteiger partial charge in [0.15, 0.2) is 0 Å². The van der Waals surface area contributed by atoms with Crippen LogP contribution < -0.4 is 51.4 Å². The van der Waals surface area contributed by atoms with Crippen LogP contribution in [0, 0.1) is 0 Å². The van der Waals surface area contributed by atoms with Gasteiger partial charge in [0.2, 0.25) is 0 Å². The van der Waals surface area contributed by atoms with Crippen LogP contribution in [0.2, 0.25) is 0 Å². The van der Waals surface area contributed by atoms with Crippen LogP contribution >= 0.6 is 0 Å². The van der Waals surface area contributed by atoms with Crippen molar-refractivity contribution in [3.05, 3.63) is 0 Å². The van der Waals surface area contributed by atoms with Crippen molar-refractivity contribution in [3.63, 3.8) is 0 Å². The summed E-state index contributed by atoms with van der Waals surface area (Å²) in [7, 11) is -4.29. The fourth-order valence-electron chi connectivity index (χ4n) is 3.86. The summed E-state index contributed by atoms with van der Waals surface area (Å²) in [6, 6.07) is 0. The van der Waals surface area contributed by atoms with Gasteiger partial charge in [0, 0.05) is 0 Å². The molecule has 0 spiro atoms. The third kappa shape index (κ3) is 24.0. The minimum Gasteiger partial charge on any atom is -0.748 e. The molecular formula is C23H47KO4S. The number of rotatable bonds is 21. The first-order valence-corrected chi connectivity index (χ1v) is 13.5. The molecule has 0 aromatic carbocycles. The molecule has 0 heterocycles. The molecular weight excluding hydrogens is 411 g/mol. The average Bonchev–Trinajstić information content (AvgIpc) is 2.62. The predicted molar refractivity (Wildman–Crippen MR) is 119 cm³/mol. The van der Waals surface area contributed by atoms with Crippen molar-refractivity contribution in [2.75, 3.05) is 0 Å². The number of hydrogen-bond donors (Lipinski definition) is 1. The Kier molecular flexibility index (Phi) is 25.6. The molecule has 4 nitrogen and oxygen atoms in total. The number of hydrogen-bond acceptors (Lipinski definition) is 4. The molecule has 2 atom stereocenters. The van der Waals surface area contributed by atoms with Gasteiger partial charge in [-0.3, -0.25) is 0 Å². The normalized spacial score (nSPS) is 13.8. The molecule has 0 aromatic heterocycles. The van der Waals surface area contributed by atoms with Crippen LogP contribution in [0.25, 0.3) is 0 Å². The topological polar surface area (TPSA) is 77.4 Å². The second-order valence-electron chi connectivity index (χ2n) is 8.65. The molecule has 0 bridgehead atoms. The van der Waals surface area contributed by atoms with E-state index >= 15 is 0 Å². The van der Waals surface area contributed by atoms with Crippen molar-refractivity contribution < 1.29 is 69.5 Å². The molecule has 0 radical (unpaired) electrons. The molecule has 29 heavy (non-hydrogen) atoms. The molecule has 0 aliphatic carbocycles. The van der Waals surface area contributed by atoms with Gasteiger partial charge >= 0.3 is 51.4 Å². The van der Waals surface area contributed by atoms with Crippen molar-refractivity contribution in [3.8, 4) is 0 Å². The van der Waals surface area contributed by atoms with Gasteiger partial charge in [-0.25, -0.2) is 8.42 Å². The Balaban J connectivity index is 0. The van der Waals surface area contributed by atoms with E-state index in [4.69, 9.17) is 0 Å². The first-order chi connectivity index (χ1) is 13.4. The Morgan fingerprint density at radius 2 is 1.00 bits per heavy atom. The van der Waals surface area contributed by atoms with E-state index in [0.717, 1.165) is 19.3 Å². The standard InChI is InChI=1S/C23H48O4S.K/c1-3-4-5-6-7-8-9-10-11-12-13-14-15-16-17-18-19-20-23(21-22(2)24)28(25,26)27;/h22-24H,3-21H2,1-2H3,(H,25,26,27);/q;+1/p-1. The van der Waals surface area contributed by atoms with Crippen LogP contribution in [0.3, 0.4) is 0 Å². The summed E-state index contributed by atoms with van der Waals surface area (Å²) in [6.07, 6.45) is 21.6. The SMILES string of the molecule is CCCCCCCCCCCCCCCCCCCC(CC(C)O)S(=O)(=O)[O-].[K+]. The van der Waals surface area contributed by atoms with Gasteiger partial charge in [0.05, 0.1) is 21.5 Å². The van der Waals surface area contributed by atoms with E-state index < -0.39 is 21.5 Å². The zero-order valence-corrected chi connectivity index (χ0v) is 23.6. The second-order valence-corrected chi connectivity index (χ2v) is 10.3. The van der Waals surface area contributed by atoms with Crippen molar-refractivity contribution in [1.29, 1.82) is 0 Å². The number of aliphatic hydroxyl groups excluding tert-OH is 1. The van der Waals surface area contributed by atoms with E-state index in [1.165, 1.54) is 96.8 Å². The van der Waals surface area contributed by atoms with Gasteiger partial charge < -0.3 is 9.66 Å². The first-order valence-electron chi connectivity index (χ1n) is 12.0. The van der Waals surface area contributed by atoms with Crippen LogP contribution in [-0.2, 0) is 10.1 Å². The summed E-state index contributed by atoms with van der Waals surface area (Å²) in [5.74, 6) is 0. The van der Waals surface area contributed by atoms with E-state index in [1.54, 1.807) is 0 Å². The zero-order chi connectivity index (χ0) is 21.1. The maximum absolute atomic E-state index is 11.2. The Labute approximate surface area is 224 Å². The average molecular weight is 459 g/mol. The summed E-state index contributed by atoms with van der Waals surface area (Å²) in [4.78, 5) is 0.